The van der Waals surface area contributed by atoms with Crippen molar-refractivity contribution in [3.05, 3.63) is 36.0 Å². The van der Waals surface area contributed by atoms with Crippen LogP contribution in [0.15, 0.2) is 29.1 Å². The molecule has 3 aromatic rings. The smallest absolute Gasteiger partial charge is 0.195 e. The molecule has 1 N–H and O–H groups in total. The zero-order valence-corrected chi connectivity index (χ0v) is 9.63. The number of nitrogens with zero attached hydrogens (tertiary/aromatic N) is 4. The maximum Gasteiger partial charge on any atom is 0.195 e. The molecule has 0 atom stereocenters. The van der Waals surface area contributed by atoms with E-state index in [2.05, 4.69) is 25.3 Å². The molecule has 1 aliphatic heterocycles. The molecular formula is C12H11N5O. The van der Waals surface area contributed by atoms with E-state index < -0.39 is 0 Å². The fourth-order valence-corrected chi connectivity index (χ4v) is 2.40. The van der Waals surface area contributed by atoms with Crippen molar-refractivity contribution in [1.82, 2.24) is 20.4 Å². The molecule has 0 unspecified atom stereocenters. The van der Waals surface area contributed by atoms with Gasteiger partial charge in [-0.3, -0.25) is 5.10 Å². The van der Waals surface area contributed by atoms with Gasteiger partial charge in [-0.1, -0.05) is 0 Å². The molecule has 0 radical (unpaired) electrons. The normalized spacial score (nSPS) is 15.0. The summed E-state index contributed by atoms with van der Waals surface area (Å²) < 4.78 is 5.50. The summed E-state index contributed by atoms with van der Waals surface area (Å²) in [6.45, 7) is 1.67. The van der Waals surface area contributed by atoms with Crippen molar-refractivity contribution in [2.45, 2.75) is 13.0 Å². The molecular weight excluding hydrogens is 230 g/mol. The van der Waals surface area contributed by atoms with Crippen molar-refractivity contribution in [1.29, 1.82) is 0 Å². The number of fused-ring (bicyclic) bond motifs is 2. The third-order valence-electron chi connectivity index (χ3n) is 3.36. The van der Waals surface area contributed by atoms with Gasteiger partial charge >= 0.3 is 0 Å². The second-order valence-electron chi connectivity index (χ2n) is 4.42. The Morgan fingerprint density at radius 2 is 2.33 bits per heavy atom. The molecule has 4 rings (SSSR count). The maximum absolute atomic E-state index is 5.50. The molecule has 3 aromatic heterocycles. The highest BCUT2D eigenvalue weighted by atomic mass is 16.3. The lowest BCUT2D eigenvalue weighted by Crippen LogP contribution is -2.31. The van der Waals surface area contributed by atoms with Crippen molar-refractivity contribution < 1.29 is 4.42 Å². The highest BCUT2D eigenvalue weighted by molar-refractivity contribution is 5.86. The van der Waals surface area contributed by atoms with Gasteiger partial charge in [-0.2, -0.15) is 10.2 Å². The van der Waals surface area contributed by atoms with Gasteiger partial charge in [0.25, 0.3) is 0 Å². The highest BCUT2D eigenvalue weighted by Crippen LogP contribution is 2.27. The molecule has 0 spiro atoms. The molecule has 0 bridgehead atoms. The number of anilines is 1. The van der Waals surface area contributed by atoms with Crippen LogP contribution in [-0.4, -0.2) is 26.9 Å². The summed E-state index contributed by atoms with van der Waals surface area (Å²) in [5.74, 6) is 0.803. The second-order valence-corrected chi connectivity index (χ2v) is 4.42. The van der Waals surface area contributed by atoms with Gasteiger partial charge in [-0.15, -0.1) is 5.10 Å². The maximum atomic E-state index is 5.50. The Morgan fingerprint density at radius 1 is 1.33 bits per heavy atom. The molecule has 6 heteroatoms. The number of furan rings is 1. The van der Waals surface area contributed by atoms with Crippen molar-refractivity contribution in [2.24, 2.45) is 0 Å². The minimum absolute atomic E-state index is 0.768. The van der Waals surface area contributed by atoms with E-state index in [4.69, 9.17) is 4.42 Å². The Labute approximate surface area is 103 Å². The van der Waals surface area contributed by atoms with Gasteiger partial charge in [0.05, 0.1) is 30.9 Å². The quantitative estimate of drug-likeness (QED) is 0.699. The first kappa shape index (κ1) is 9.64. The summed E-state index contributed by atoms with van der Waals surface area (Å²) in [7, 11) is 0. The first-order chi connectivity index (χ1) is 8.92. The van der Waals surface area contributed by atoms with Crippen LogP contribution in [0, 0.1) is 0 Å². The van der Waals surface area contributed by atoms with E-state index in [-0.39, 0.29) is 0 Å². The van der Waals surface area contributed by atoms with Crippen LogP contribution in [0.1, 0.15) is 11.3 Å². The number of aromatic amines is 1. The van der Waals surface area contributed by atoms with Crippen molar-refractivity contribution in [2.75, 3.05) is 11.4 Å². The van der Waals surface area contributed by atoms with E-state index >= 15 is 0 Å². The van der Waals surface area contributed by atoms with Crippen molar-refractivity contribution >= 4 is 16.8 Å². The molecule has 4 heterocycles. The van der Waals surface area contributed by atoms with Gasteiger partial charge in [0.2, 0.25) is 0 Å². The molecule has 1 aliphatic rings. The number of rotatable bonds is 1. The summed E-state index contributed by atoms with van der Waals surface area (Å²) >= 11 is 0. The van der Waals surface area contributed by atoms with Crippen molar-refractivity contribution in [3.63, 3.8) is 0 Å². The number of nitrogens with one attached hydrogen (secondary N) is 1. The molecule has 90 valence electrons. The second kappa shape index (κ2) is 3.56. The zero-order valence-electron chi connectivity index (χ0n) is 9.63. The Hall–Kier alpha value is -2.37. The van der Waals surface area contributed by atoms with E-state index in [0.717, 1.165) is 42.0 Å². The van der Waals surface area contributed by atoms with Crippen LogP contribution in [0.25, 0.3) is 11.0 Å². The fraction of sp³-hybridized carbons (Fsp3) is 0.250. The van der Waals surface area contributed by atoms with Gasteiger partial charge in [0.15, 0.2) is 11.4 Å². The van der Waals surface area contributed by atoms with Crippen LogP contribution in [-0.2, 0) is 13.0 Å². The van der Waals surface area contributed by atoms with E-state index in [9.17, 15) is 0 Å². The predicted molar refractivity (Wildman–Crippen MR) is 65.1 cm³/mol. The van der Waals surface area contributed by atoms with Crippen LogP contribution in [0.2, 0.25) is 0 Å². The van der Waals surface area contributed by atoms with Crippen LogP contribution >= 0.6 is 0 Å². The summed E-state index contributed by atoms with van der Waals surface area (Å²) in [4.78, 5) is 2.17. The van der Waals surface area contributed by atoms with Crippen LogP contribution in [0.5, 0.6) is 0 Å². The van der Waals surface area contributed by atoms with Gasteiger partial charge in [-0.05, 0) is 18.1 Å². The summed E-state index contributed by atoms with van der Waals surface area (Å²) in [6.07, 6.45) is 6.24. The average Bonchev–Trinajstić information content (AvgIpc) is 3.05. The van der Waals surface area contributed by atoms with Gasteiger partial charge in [-0.25, -0.2) is 0 Å². The fourth-order valence-electron chi connectivity index (χ4n) is 2.40. The van der Waals surface area contributed by atoms with Gasteiger partial charge in [0.1, 0.15) is 0 Å². The Morgan fingerprint density at radius 3 is 3.33 bits per heavy atom. The predicted octanol–water partition coefficient (Wildman–Crippen LogP) is 1.51. The van der Waals surface area contributed by atoms with Crippen molar-refractivity contribution in [3.8, 4) is 0 Å². The first-order valence-electron chi connectivity index (χ1n) is 5.87. The monoisotopic (exact) mass is 241 g/mol. The van der Waals surface area contributed by atoms with E-state index in [1.165, 1.54) is 5.56 Å². The van der Waals surface area contributed by atoms with Gasteiger partial charge in [0, 0.05) is 11.9 Å². The average molecular weight is 241 g/mol. The van der Waals surface area contributed by atoms with Crippen LogP contribution < -0.4 is 4.90 Å². The third-order valence-corrected chi connectivity index (χ3v) is 3.36. The lowest BCUT2D eigenvalue weighted by atomic mass is 10.1. The van der Waals surface area contributed by atoms with E-state index in [0.29, 0.717) is 0 Å². The number of hydrogen-bond donors (Lipinski definition) is 1. The summed E-state index contributed by atoms with van der Waals surface area (Å²) in [6, 6.07) is 1.90. The molecule has 0 amide bonds. The van der Waals surface area contributed by atoms with Gasteiger partial charge < -0.3 is 9.32 Å². The molecule has 0 aliphatic carbocycles. The highest BCUT2D eigenvalue weighted by Gasteiger charge is 2.21. The van der Waals surface area contributed by atoms with Crippen LogP contribution in [0.3, 0.4) is 0 Å². The Kier molecular flexibility index (Phi) is 1.91. The third kappa shape index (κ3) is 1.32. The first-order valence-corrected chi connectivity index (χ1v) is 5.87. The standard InChI is InChI=1S/C12H11N5O/c1-3-17(7-10-8(1)5-13-15-10)12-11-9(2-4-18-11)6-14-16-12/h2,4-6H,1,3,7H2,(H,13,15). The lowest BCUT2D eigenvalue weighted by Gasteiger charge is -2.26. The van der Waals surface area contributed by atoms with E-state index in [1.807, 2.05) is 12.3 Å². The molecule has 0 aromatic carbocycles. The number of H-pyrrole nitrogens is 1. The largest absolute Gasteiger partial charge is 0.460 e. The lowest BCUT2D eigenvalue weighted by molar-refractivity contribution is 0.605. The van der Waals surface area contributed by atoms with E-state index in [1.54, 1.807) is 12.5 Å². The Bertz CT molecular complexity index is 701. The SMILES string of the molecule is c1cc2cnnc(N3CCc4cn[nH]c4C3)c2o1. The zero-order chi connectivity index (χ0) is 11.9. The summed E-state index contributed by atoms with van der Waals surface area (Å²) in [5, 5.41) is 16.3. The molecule has 0 saturated carbocycles. The number of hydrogen-bond acceptors (Lipinski definition) is 5. The molecule has 0 fully saturated rings. The molecule has 6 nitrogen and oxygen atoms in total. The summed E-state index contributed by atoms with van der Waals surface area (Å²) in [5.41, 5.74) is 3.23. The minimum Gasteiger partial charge on any atom is -0.460 e. The molecule has 0 saturated heterocycles. The molecule has 18 heavy (non-hydrogen) atoms. The van der Waals surface area contributed by atoms with Crippen LogP contribution in [0.4, 0.5) is 5.82 Å². The minimum atomic E-state index is 0.768. The number of aromatic nitrogens is 4. The topological polar surface area (TPSA) is 70.8 Å². The Balaban J connectivity index is 1.78.